The molecule has 124 valence electrons. The van der Waals surface area contributed by atoms with Gasteiger partial charge in [0.15, 0.2) is 6.61 Å². The van der Waals surface area contributed by atoms with Gasteiger partial charge in [-0.2, -0.15) is 0 Å². The molecule has 0 radical (unpaired) electrons. The first kappa shape index (κ1) is 15.8. The largest absolute Gasteiger partial charge is 0.482 e. The second-order valence-corrected chi connectivity index (χ2v) is 6.35. The van der Waals surface area contributed by atoms with Gasteiger partial charge in [-0.05, 0) is 25.0 Å². The number of anilines is 1. The number of carbonyl (C=O) groups excluding carboxylic acids is 2. The molecule has 0 bridgehead atoms. The number of benzene rings is 1. The van der Waals surface area contributed by atoms with Crippen molar-refractivity contribution in [2.75, 3.05) is 18.1 Å². The Labute approximate surface area is 137 Å². The third-order valence-electron chi connectivity index (χ3n) is 4.58. The van der Waals surface area contributed by atoms with Crippen molar-refractivity contribution in [1.29, 1.82) is 0 Å². The number of ether oxygens (including phenoxy) is 1. The molecule has 3 rings (SSSR count). The average Bonchev–Trinajstić information content (AvgIpc) is 2.53. The Morgan fingerprint density at radius 3 is 2.61 bits per heavy atom. The number of nitrogens with zero attached hydrogens (tertiary/aromatic N) is 1. The SMILES string of the molecule is O=C(CN1C(=O)COc2ccccc21)NC1CCCCCCC1. The van der Waals surface area contributed by atoms with Crippen molar-refractivity contribution < 1.29 is 14.3 Å². The number of nitrogens with one attached hydrogen (secondary N) is 1. The third kappa shape index (κ3) is 4.03. The predicted octanol–water partition coefficient (Wildman–Crippen LogP) is 2.64. The highest BCUT2D eigenvalue weighted by Crippen LogP contribution is 2.31. The highest BCUT2D eigenvalue weighted by molar-refractivity contribution is 6.02. The fourth-order valence-corrected chi connectivity index (χ4v) is 3.34. The normalized spacial score (nSPS) is 19.3. The van der Waals surface area contributed by atoms with Gasteiger partial charge in [-0.1, -0.05) is 44.2 Å². The summed E-state index contributed by atoms with van der Waals surface area (Å²) in [5.41, 5.74) is 0.677. The summed E-state index contributed by atoms with van der Waals surface area (Å²) in [4.78, 5) is 26.0. The monoisotopic (exact) mass is 316 g/mol. The summed E-state index contributed by atoms with van der Waals surface area (Å²) in [6, 6.07) is 7.59. The number of para-hydroxylation sites is 2. The number of amides is 2. The molecule has 1 N–H and O–H groups in total. The summed E-state index contributed by atoms with van der Waals surface area (Å²) >= 11 is 0. The van der Waals surface area contributed by atoms with Crippen LogP contribution in [0.3, 0.4) is 0 Å². The third-order valence-corrected chi connectivity index (χ3v) is 4.58. The molecule has 1 saturated carbocycles. The van der Waals surface area contributed by atoms with Crippen molar-refractivity contribution in [2.45, 2.75) is 51.0 Å². The zero-order chi connectivity index (χ0) is 16.1. The van der Waals surface area contributed by atoms with Crippen molar-refractivity contribution in [3.63, 3.8) is 0 Å². The van der Waals surface area contributed by atoms with Gasteiger partial charge in [-0.15, -0.1) is 0 Å². The van der Waals surface area contributed by atoms with Gasteiger partial charge in [-0.3, -0.25) is 14.5 Å². The lowest BCUT2D eigenvalue weighted by Gasteiger charge is -2.29. The lowest BCUT2D eigenvalue weighted by Crippen LogP contribution is -2.47. The van der Waals surface area contributed by atoms with E-state index >= 15 is 0 Å². The predicted molar refractivity (Wildman–Crippen MR) is 88.5 cm³/mol. The Balaban J connectivity index is 1.62. The Kier molecular flexibility index (Phi) is 5.16. The highest BCUT2D eigenvalue weighted by Gasteiger charge is 2.27. The molecule has 0 spiro atoms. The van der Waals surface area contributed by atoms with E-state index in [-0.39, 0.29) is 31.0 Å². The van der Waals surface area contributed by atoms with Crippen LogP contribution < -0.4 is 15.0 Å². The van der Waals surface area contributed by atoms with E-state index in [9.17, 15) is 9.59 Å². The molecule has 1 fully saturated rings. The van der Waals surface area contributed by atoms with Crippen molar-refractivity contribution >= 4 is 17.5 Å². The Hall–Kier alpha value is -2.04. The van der Waals surface area contributed by atoms with Crippen molar-refractivity contribution in [3.8, 4) is 5.75 Å². The summed E-state index contributed by atoms with van der Waals surface area (Å²) in [7, 11) is 0. The van der Waals surface area contributed by atoms with Gasteiger partial charge in [0.2, 0.25) is 5.91 Å². The lowest BCUT2D eigenvalue weighted by atomic mass is 9.97. The summed E-state index contributed by atoms with van der Waals surface area (Å²) in [6.45, 7) is 0.0590. The molecule has 2 amide bonds. The van der Waals surface area contributed by atoms with E-state index in [2.05, 4.69) is 5.32 Å². The van der Waals surface area contributed by atoms with Crippen molar-refractivity contribution in [3.05, 3.63) is 24.3 Å². The maximum Gasteiger partial charge on any atom is 0.265 e. The van der Waals surface area contributed by atoms with Crippen LogP contribution in [0.5, 0.6) is 5.75 Å². The molecule has 1 aromatic rings. The minimum absolute atomic E-state index is 0.00623. The number of rotatable bonds is 3. The molecule has 1 aromatic carbocycles. The Bertz CT molecular complexity index is 565. The van der Waals surface area contributed by atoms with E-state index in [1.54, 1.807) is 0 Å². The van der Waals surface area contributed by atoms with Crippen molar-refractivity contribution in [2.24, 2.45) is 0 Å². The summed E-state index contributed by atoms with van der Waals surface area (Å²) in [5, 5.41) is 3.11. The fourth-order valence-electron chi connectivity index (χ4n) is 3.34. The van der Waals surface area contributed by atoms with Crippen LogP contribution in [0, 0.1) is 0 Å². The molecule has 0 saturated heterocycles. The van der Waals surface area contributed by atoms with Crippen LogP contribution in [0.15, 0.2) is 24.3 Å². The van der Waals surface area contributed by atoms with E-state index in [0.717, 1.165) is 12.8 Å². The molecule has 23 heavy (non-hydrogen) atoms. The molecule has 5 nitrogen and oxygen atoms in total. The molecular formula is C18H24N2O3. The summed E-state index contributed by atoms with van der Waals surface area (Å²) in [5.74, 6) is 0.406. The van der Waals surface area contributed by atoms with Crippen molar-refractivity contribution in [1.82, 2.24) is 5.32 Å². The van der Waals surface area contributed by atoms with Gasteiger partial charge in [0.1, 0.15) is 12.3 Å². The Morgan fingerprint density at radius 2 is 1.83 bits per heavy atom. The lowest BCUT2D eigenvalue weighted by molar-refractivity contribution is -0.125. The smallest absolute Gasteiger partial charge is 0.265 e. The first-order valence-corrected chi connectivity index (χ1v) is 8.55. The quantitative estimate of drug-likeness (QED) is 0.932. The molecular weight excluding hydrogens is 292 g/mol. The van der Waals surface area contributed by atoms with Gasteiger partial charge >= 0.3 is 0 Å². The Morgan fingerprint density at radius 1 is 1.13 bits per heavy atom. The summed E-state index contributed by atoms with van der Waals surface area (Å²) < 4.78 is 5.40. The molecule has 0 aromatic heterocycles. The van der Waals surface area contributed by atoms with Gasteiger partial charge < -0.3 is 10.1 Å². The van der Waals surface area contributed by atoms with E-state index in [1.165, 1.54) is 37.0 Å². The zero-order valence-corrected chi connectivity index (χ0v) is 13.4. The standard InChI is InChI=1S/C18H24N2O3/c21-17(19-14-8-4-2-1-3-5-9-14)12-20-15-10-6-7-11-16(15)23-13-18(20)22/h6-7,10-11,14H,1-5,8-9,12-13H2,(H,19,21). The van der Waals surface area contributed by atoms with Crippen LogP contribution in [0.4, 0.5) is 5.69 Å². The topological polar surface area (TPSA) is 58.6 Å². The second kappa shape index (κ2) is 7.49. The molecule has 1 aliphatic heterocycles. The minimum Gasteiger partial charge on any atom is -0.482 e. The second-order valence-electron chi connectivity index (χ2n) is 6.35. The molecule has 5 heteroatoms. The fraction of sp³-hybridized carbons (Fsp3) is 0.556. The number of hydrogen-bond acceptors (Lipinski definition) is 3. The van der Waals surface area contributed by atoms with Crippen LogP contribution in [0.1, 0.15) is 44.9 Å². The summed E-state index contributed by atoms with van der Waals surface area (Å²) in [6.07, 6.45) is 8.23. The van der Waals surface area contributed by atoms with Crippen LogP contribution in [0.25, 0.3) is 0 Å². The number of carbonyl (C=O) groups is 2. The number of hydrogen-bond donors (Lipinski definition) is 1. The van der Waals surface area contributed by atoms with Crippen LogP contribution in [-0.4, -0.2) is 31.0 Å². The van der Waals surface area contributed by atoms with E-state index in [4.69, 9.17) is 4.74 Å². The highest BCUT2D eigenvalue weighted by atomic mass is 16.5. The van der Waals surface area contributed by atoms with Crippen LogP contribution in [0.2, 0.25) is 0 Å². The number of fused-ring (bicyclic) bond motifs is 1. The van der Waals surface area contributed by atoms with E-state index in [0.29, 0.717) is 11.4 Å². The van der Waals surface area contributed by atoms with E-state index < -0.39 is 0 Å². The van der Waals surface area contributed by atoms with Gasteiger partial charge in [0, 0.05) is 6.04 Å². The van der Waals surface area contributed by atoms with Gasteiger partial charge in [0.25, 0.3) is 5.91 Å². The zero-order valence-electron chi connectivity index (χ0n) is 13.4. The van der Waals surface area contributed by atoms with Gasteiger partial charge in [0.05, 0.1) is 5.69 Å². The maximum absolute atomic E-state index is 12.4. The molecule has 0 unspecified atom stereocenters. The first-order chi connectivity index (χ1) is 11.2. The molecule has 2 aliphatic rings. The molecule has 0 atom stereocenters. The molecule has 1 heterocycles. The first-order valence-electron chi connectivity index (χ1n) is 8.55. The van der Waals surface area contributed by atoms with Gasteiger partial charge in [-0.25, -0.2) is 0 Å². The minimum atomic E-state index is -0.170. The maximum atomic E-state index is 12.4. The molecule has 1 aliphatic carbocycles. The van der Waals surface area contributed by atoms with E-state index in [1.807, 2.05) is 24.3 Å². The van der Waals surface area contributed by atoms with Crippen LogP contribution >= 0.6 is 0 Å². The average molecular weight is 316 g/mol. The van der Waals surface area contributed by atoms with Crippen LogP contribution in [-0.2, 0) is 9.59 Å².